The van der Waals surface area contributed by atoms with E-state index >= 15 is 0 Å². The van der Waals surface area contributed by atoms with E-state index in [0.717, 1.165) is 26.1 Å². The van der Waals surface area contributed by atoms with E-state index in [1.54, 1.807) is 0 Å². The predicted octanol–water partition coefficient (Wildman–Crippen LogP) is 1.48. The highest BCUT2D eigenvalue weighted by Gasteiger charge is 2.01. The lowest BCUT2D eigenvalue weighted by Crippen LogP contribution is -2.33. The van der Waals surface area contributed by atoms with Gasteiger partial charge in [0, 0.05) is 26.2 Å². The Balaban J connectivity index is 2.11. The standard InChI is InChI=1S/C14H24N2O/c1-3-14(17)11-15-9-10-16(2)12-13-7-5-4-6-8-13/h4-8,14-15,17H,3,9-12H2,1-2H3/t14-/m1/s1. The van der Waals surface area contributed by atoms with Crippen LogP contribution in [0.2, 0.25) is 0 Å². The van der Waals surface area contributed by atoms with Crippen LogP contribution < -0.4 is 5.32 Å². The smallest absolute Gasteiger partial charge is 0.0662 e. The van der Waals surface area contributed by atoms with Crippen molar-refractivity contribution in [3.8, 4) is 0 Å². The number of nitrogens with one attached hydrogen (secondary N) is 1. The Hall–Kier alpha value is -0.900. The van der Waals surface area contributed by atoms with Gasteiger partial charge in [-0.3, -0.25) is 0 Å². The van der Waals surface area contributed by atoms with Gasteiger partial charge in [-0.15, -0.1) is 0 Å². The topological polar surface area (TPSA) is 35.5 Å². The highest BCUT2D eigenvalue weighted by molar-refractivity contribution is 5.14. The maximum Gasteiger partial charge on any atom is 0.0662 e. The minimum absolute atomic E-state index is 0.213. The molecule has 1 rings (SSSR count). The minimum atomic E-state index is -0.213. The molecule has 3 heteroatoms. The molecule has 0 unspecified atom stereocenters. The molecule has 0 aliphatic rings. The zero-order valence-electron chi connectivity index (χ0n) is 10.9. The van der Waals surface area contributed by atoms with Crippen molar-refractivity contribution in [2.75, 3.05) is 26.7 Å². The fraction of sp³-hybridized carbons (Fsp3) is 0.571. The summed E-state index contributed by atoms with van der Waals surface area (Å²) in [7, 11) is 2.12. The molecule has 1 aromatic carbocycles. The molecule has 3 nitrogen and oxygen atoms in total. The first-order valence-corrected chi connectivity index (χ1v) is 6.33. The van der Waals surface area contributed by atoms with Gasteiger partial charge in [0.25, 0.3) is 0 Å². The first kappa shape index (κ1) is 14.2. The number of likely N-dealkylation sites (N-methyl/N-ethyl adjacent to an activating group) is 1. The molecule has 0 bridgehead atoms. The minimum Gasteiger partial charge on any atom is -0.392 e. The molecule has 1 aromatic rings. The Morgan fingerprint density at radius 2 is 2.00 bits per heavy atom. The van der Waals surface area contributed by atoms with Crippen molar-refractivity contribution in [1.29, 1.82) is 0 Å². The van der Waals surface area contributed by atoms with E-state index in [-0.39, 0.29) is 6.10 Å². The van der Waals surface area contributed by atoms with Gasteiger partial charge in [0.15, 0.2) is 0 Å². The fourth-order valence-corrected chi connectivity index (χ4v) is 1.66. The van der Waals surface area contributed by atoms with Crippen LogP contribution in [0, 0.1) is 0 Å². The fourth-order valence-electron chi connectivity index (χ4n) is 1.66. The number of aliphatic hydroxyl groups excluding tert-OH is 1. The summed E-state index contributed by atoms with van der Waals surface area (Å²) in [6.45, 7) is 5.56. The molecule has 96 valence electrons. The van der Waals surface area contributed by atoms with E-state index in [2.05, 4.69) is 41.5 Å². The summed E-state index contributed by atoms with van der Waals surface area (Å²) in [6.07, 6.45) is 0.599. The van der Waals surface area contributed by atoms with Crippen LogP contribution in [0.3, 0.4) is 0 Å². The van der Waals surface area contributed by atoms with Gasteiger partial charge >= 0.3 is 0 Å². The molecule has 1 atom stereocenters. The molecule has 0 heterocycles. The lowest BCUT2D eigenvalue weighted by Gasteiger charge is -2.17. The summed E-state index contributed by atoms with van der Waals surface area (Å²) in [5, 5.41) is 12.6. The SMILES string of the molecule is CC[C@@H](O)CNCCN(C)Cc1ccccc1. The zero-order valence-corrected chi connectivity index (χ0v) is 10.9. The van der Waals surface area contributed by atoms with Crippen LogP contribution in [0.1, 0.15) is 18.9 Å². The van der Waals surface area contributed by atoms with Crippen LogP contribution in [0.4, 0.5) is 0 Å². The van der Waals surface area contributed by atoms with Crippen molar-refractivity contribution in [3.63, 3.8) is 0 Å². The summed E-state index contributed by atoms with van der Waals surface area (Å²) in [5.41, 5.74) is 1.34. The van der Waals surface area contributed by atoms with Gasteiger partial charge in [0.1, 0.15) is 0 Å². The lowest BCUT2D eigenvalue weighted by molar-refractivity contribution is 0.166. The number of hydrogen-bond donors (Lipinski definition) is 2. The van der Waals surface area contributed by atoms with E-state index in [1.807, 2.05) is 13.0 Å². The van der Waals surface area contributed by atoms with Gasteiger partial charge in [0.05, 0.1) is 6.10 Å². The third kappa shape index (κ3) is 6.41. The van der Waals surface area contributed by atoms with Crippen molar-refractivity contribution >= 4 is 0 Å². The van der Waals surface area contributed by atoms with Gasteiger partial charge in [-0.25, -0.2) is 0 Å². The van der Waals surface area contributed by atoms with E-state index in [0.29, 0.717) is 6.54 Å². The summed E-state index contributed by atoms with van der Waals surface area (Å²) < 4.78 is 0. The Kier molecular flexibility index (Phi) is 6.86. The molecule has 17 heavy (non-hydrogen) atoms. The molecular formula is C14H24N2O. The molecule has 2 N–H and O–H groups in total. The summed E-state index contributed by atoms with van der Waals surface area (Å²) in [6, 6.07) is 10.5. The van der Waals surface area contributed by atoms with E-state index in [4.69, 9.17) is 0 Å². The monoisotopic (exact) mass is 236 g/mol. The Morgan fingerprint density at radius 3 is 2.65 bits per heavy atom. The van der Waals surface area contributed by atoms with Crippen molar-refractivity contribution < 1.29 is 5.11 Å². The molecular weight excluding hydrogens is 212 g/mol. The number of benzene rings is 1. The third-order valence-corrected chi connectivity index (χ3v) is 2.82. The van der Waals surface area contributed by atoms with E-state index in [9.17, 15) is 5.11 Å². The van der Waals surface area contributed by atoms with Crippen molar-refractivity contribution in [3.05, 3.63) is 35.9 Å². The zero-order chi connectivity index (χ0) is 12.5. The second-order valence-corrected chi connectivity index (χ2v) is 4.49. The van der Waals surface area contributed by atoms with Gasteiger partial charge in [0.2, 0.25) is 0 Å². The Labute approximate surface area is 104 Å². The first-order chi connectivity index (χ1) is 8.22. The molecule has 0 fully saturated rings. The van der Waals surface area contributed by atoms with Crippen molar-refractivity contribution in [1.82, 2.24) is 10.2 Å². The van der Waals surface area contributed by atoms with Crippen LogP contribution in [-0.4, -0.2) is 42.8 Å². The Morgan fingerprint density at radius 1 is 1.29 bits per heavy atom. The number of rotatable bonds is 8. The molecule has 0 aliphatic carbocycles. The molecule has 0 radical (unpaired) electrons. The maximum absolute atomic E-state index is 9.38. The average Bonchev–Trinajstić information content (AvgIpc) is 2.35. The van der Waals surface area contributed by atoms with E-state index in [1.165, 1.54) is 5.56 Å². The van der Waals surface area contributed by atoms with Gasteiger partial charge in [-0.05, 0) is 19.0 Å². The molecule has 0 aliphatic heterocycles. The van der Waals surface area contributed by atoms with Gasteiger partial charge in [-0.1, -0.05) is 37.3 Å². The number of aliphatic hydroxyl groups is 1. The summed E-state index contributed by atoms with van der Waals surface area (Å²) >= 11 is 0. The largest absolute Gasteiger partial charge is 0.392 e. The summed E-state index contributed by atoms with van der Waals surface area (Å²) in [4.78, 5) is 2.28. The number of nitrogens with zero attached hydrogens (tertiary/aromatic N) is 1. The highest BCUT2D eigenvalue weighted by Crippen LogP contribution is 2.01. The van der Waals surface area contributed by atoms with Crippen molar-refractivity contribution in [2.24, 2.45) is 0 Å². The molecule has 0 saturated heterocycles. The summed E-state index contributed by atoms with van der Waals surface area (Å²) in [5.74, 6) is 0. The predicted molar refractivity (Wildman–Crippen MR) is 71.9 cm³/mol. The normalized spacial score (nSPS) is 12.9. The lowest BCUT2D eigenvalue weighted by atomic mass is 10.2. The second-order valence-electron chi connectivity index (χ2n) is 4.49. The van der Waals surface area contributed by atoms with Gasteiger partial charge in [-0.2, -0.15) is 0 Å². The van der Waals surface area contributed by atoms with Crippen LogP contribution in [0.25, 0.3) is 0 Å². The average molecular weight is 236 g/mol. The number of hydrogen-bond acceptors (Lipinski definition) is 3. The van der Waals surface area contributed by atoms with Crippen LogP contribution in [0.5, 0.6) is 0 Å². The maximum atomic E-state index is 9.38. The van der Waals surface area contributed by atoms with Gasteiger partial charge < -0.3 is 15.3 Å². The quantitative estimate of drug-likeness (QED) is 0.671. The van der Waals surface area contributed by atoms with E-state index < -0.39 is 0 Å². The third-order valence-electron chi connectivity index (χ3n) is 2.82. The second kappa shape index (κ2) is 8.23. The van der Waals surface area contributed by atoms with Crippen molar-refractivity contribution in [2.45, 2.75) is 26.0 Å². The molecule has 0 amide bonds. The highest BCUT2D eigenvalue weighted by atomic mass is 16.3. The molecule has 0 spiro atoms. The first-order valence-electron chi connectivity index (χ1n) is 6.33. The van der Waals surface area contributed by atoms with Crippen LogP contribution in [0.15, 0.2) is 30.3 Å². The van der Waals surface area contributed by atoms with Crippen LogP contribution >= 0.6 is 0 Å². The van der Waals surface area contributed by atoms with Crippen LogP contribution in [-0.2, 0) is 6.54 Å². The molecule has 0 saturated carbocycles. The molecule has 0 aromatic heterocycles. The Bertz CT molecular complexity index is 290.